The highest BCUT2D eigenvalue weighted by Crippen LogP contribution is 2.49. The molecule has 4 rings (SSSR count). The summed E-state index contributed by atoms with van der Waals surface area (Å²) in [6.07, 6.45) is -6.41. The van der Waals surface area contributed by atoms with Gasteiger partial charge in [0.15, 0.2) is 11.6 Å². The molecule has 11 heteroatoms. The predicted octanol–water partition coefficient (Wildman–Crippen LogP) is -1.08. The molecule has 168 valence electrons. The predicted molar refractivity (Wildman–Crippen MR) is 98.8 cm³/mol. The Morgan fingerprint density at radius 2 is 1.66 bits per heavy atom. The third kappa shape index (κ3) is 3.96. The Morgan fingerprint density at radius 3 is 2.34 bits per heavy atom. The van der Waals surface area contributed by atoms with Crippen molar-refractivity contribution in [2.75, 3.05) is 19.0 Å². The number of rotatable bonds is 4. The minimum absolute atomic E-state index is 0.205. The van der Waals surface area contributed by atoms with Crippen molar-refractivity contribution >= 4 is 11.8 Å². The maximum atomic E-state index is 10.3. The topological polar surface area (TPSA) is 136 Å². The zero-order chi connectivity index (χ0) is 21.2. The van der Waals surface area contributed by atoms with E-state index in [2.05, 4.69) is 0 Å². The molecule has 4 fully saturated rings. The van der Waals surface area contributed by atoms with Crippen molar-refractivity contribution < 1.29 is 48.8 Å². The van der Waals surface area contributed by atoms with Crippen molar-refractivity contribution in [2.24, 2.45) is 0 Å². The standard InChI is InChI=1S/C18H30O10S/c1-16(2)25-9-6-23-18(14(13(9)26-16)27-17(3,4)28-18)7-29-15-12(22)11(21)10(20)8(5-19)24-15/h8-15,19-22H,5-7H2,1-4H3/t8-,9-,10-,11+,12-,13-,14+,15-,18+/m1/s1. The van der Waals surface area contributed by atoms with Gasteiger partial charge in [0.1, 0.15) is 48.2 Å². The quantitative estimate of drug-likeness (QED) is 0.426. The molecule has 0 aromatic carbocycles. The Hall–Kier alpha value is -0.0500. The molecule has 0 spiro atoms. The monoisotopic (exact) mass is 438 g/mol. The molecule has 0 unspecified atom stereocenters. The van der Waals surface area contributed by atoms with Gasteiger partial charge in [-0.05, 0) is 27.7 Å². The molecule has 29 heavy (non-hydrogen) atoms. The summed E-state index contributed by atoms with van der Waals surface area (Å²) in [5, 5.41) is 39.7. The van der Waals surface area contributed by atoms with Gasteiger partial charge in [0.05, 0.1) is 19.0 Å². The minimum Gasteiger partial charge on any atom is -0.394 e. The summed E-state index contributed by atoms with van der Waals surface area (Å²) < 4.78 is 35.9. The summed E-state index contributed by atoms with van der Waals surface area (Å²) in [5.74, 6) is -2.66. The molecule has 4 aliphatic heterocycles. The molecule has 0 amide bonds. The smallest absolute Gasteiger partial charge is 0.209 e. The first-order valence-electron chi connectivity index (χ1n) is 9.77. The van der Waals surface area contributed by atoms with E-state index < -0.39 is 66.0 Å². The summed E-state index contributed by atoms with van der Waals surface area (Å²) in [6.45, 7) is 6.99. The molecule has 4 heterocycles. The summed E-state index contributed by atoms with van der Waals surface area (Å²) in [6, 6.07) is 0. The van der Waals surface area contributed by atoms with Gasteiger partial charge in [0, 0.05) is 0 Å². The van der Waals surface area contributed by atoms with Crippen molar-refractivity contribution in [2.45, 2.75) is 93.2 Å². The van der Waals surface area contributed by atoms with Crippen molar-refractivity contribution in [1.82, 2.24) is 0 Å². The first kappa shape index (κ1) is 22.2. The molecular formula is C18H30O10S. The summed E-state index contributed by atoms with van der Waals surface area (Å²) >= 11 is 1.16. The van der Waals surface area contributed by atoms with Gasteiger partial charge in [-0.1, -0.05) is 0 Å². The maximum Gasteiger partial charge on any atom is 0.209 e. The molecule has 0 saturated carbocycles. The minimum atomic E-state index is -1.44. The first-order chi connectivity index (χ1) is 13.5. The van der Waals surface area contributed by atoms with E-state index in [0.29, 0.717) is 0 Å². The van der Waals surface area contributed by atoms with Crippen molar-refractivity contribution in [3.8, 4) is 0 Å². The fourth-order valence-corrected chi connectivity index (χ4v) is 5.63. The molecule has 9 atom stereocenters. The van der Waals surface area contributed by atoms with Crippen molar-refractivity contribution in [3.63, 3.8) is 0 Å². The second-order valence-corrected chi connectivity index (χ2v) is 9.90. The van der Waals surface area contributed by atoms with Crippen LogP contribution in [0.25, 0.3) is 0 Å². The van der Waals surface area contributed by atoms with Gasteiger partial charge in [-0.15, -0.1) is 11.8 Å². The highest BCUT2D eigenvalue weighted by Gasteiger charge is 2.65. The van der Waals surface area contributed by atoms with E-state index in [4.69, 9.17) is 28.4 Å². The fraction of sp³-hybridized carbons (Fsp3) is 1.00. The third-order valence-electron chi connectivity index (χ3n) is 5.57. The van der Waals surface area contributed by atoms with Gasteiger partial charge in [0.2, 0.25) is 5.79 Å². The van der Waals surface area contributed by atoms with Crippen LogP contribution in [0.4, 0.5) is 0 Å². The average molecular weight is 438 g/mol. The van der Waals surface area contributed by atoms with Crippen LogP contribution in [0.1, 0.15) is 27.7 Å². The van der Waals surface area contributed by atoms with Gasteiger partial charge < -0.3 is 48.8 Å². The van der Waals surface area contributed by atoms with Crippen LogP contribution in [-0.2, 0) is 28.4 Å². The van der Waals surface area contributed by atoms with Crippen LogP contribution in [0.2, 0.25) is 0 Å². The lowest BCUT2D eigenvalue weighted by molar-refractivity contribution is -0.268. The van der Waals surface area contributed by atoms with E-state index in [-0.39, 0.29) is 18.5 Å². The van der Waals surface area contributed by atoms with E-state index >= 15 is 0 Å². The number of ether oxygens (including phenoxy) is 6. The van der Waals surface area contributed by atoms with E-state index in [0.717, 1.165) is 11.8 Å². The van der Waals surface area contributed by atoms with E-state index in [1.54, 1.807) is 13.8 Å². The Balaban J connectivity index is 1.51. The van der Waals surface area contributed by atoms with Crippen LogP contribution in [0.5, 0.6) is 0 Å². The molecular weight excluding hydrogens is 408 g/mol. The Bertz CT molecular complexity index is 615. The van der Waals surface area contributed by atoms with Crippen LogP contribution >= 0.6 is 11.8 Å². The lowest BCUT2D eigenvalue weighted by atomic mass is 9.98. The van der Waals surface area contributed by atoms with E-state index in [1.807, 2.05) is 13.8 Å². The zero-order valence-electron chi connectivity index (χ0n) is 16.9. The largest absolute Gasteiger partial charge is 0.394 e. The third-order valence-corrected chi connectivity index (χ3v) is 6.86. The number of aliphatic hydroxyl groups is 4. The molecule has 0 aliphatic carbocycles. The van der Waals surface area contributed by atoms with Crippen LogP contribution in [0.3, 0.4) is 0 Å². The Morgan fingerprint density at radius 1 is 0.931 bits per heavy atom. The molecule has 4 N–H and O–H groups in total. The lowest BCUT2D eigenvalue weighted by Gasteiger charge is -2.43. The van der Waals surface area contributed by atoms with Crippen molar-refractivity contribution in [3.05, 3.63) is 0 Å². The summed E-state index contributed by atoms with van der Waals surface area (Å²) in [4.78, 5) is 0. The highest BCUT2D eigenvalue weighted by atomic mass is 32.2. The molecule has 0 aromatic heterocycles. The van der Waals surface area contributed by atoms with Crippen LogP contribution in [0.15, 0.2) is 0 Å². The summed E-state index contributed by atoms with van der Waals surface area (Å²) in [7, 11) is 0. The lowest BCUT2D eigenvalue weighted by Crippen LogP contribution is -2.61. The van der Waals surface area contributed by atoms with Crippen LogP contribution < -0.4 is 0 Å². The van der Waals surface area contributed by atoms with E-state index in [9.17, 15) is 20.4 Å². The second-order valence-electron chi connectivity index (χ2n) is 8.81. The Labute approximate surface area is 173 Å². The molecule has 0 bridgehead atoms. The van der Waals surface area contributed by atoms with Crippen molar-refractivity contribution in [1.29, 1.82) is 0 Å². The molecule has 10 nitrogen and oxygen atoms in total. The van der Waals surface area contributed by atoms with E-state index in [1.165, 1.54) is 0 Å². The number of thioether (sulfide) groups is 1. The van der Waals surface area contributed by atoms with Gasteiger partial charge in [0.25, 0.3) is 0 Å². The number of hydrogen-bond acceptors (Lipinski definition) is 11. The van der Waals surface area contributed by atoms with Gasteiger partial charge >= 0.3 is 0 Å². The zero-order valence-corrected chi connectivity index (χ0v) is 17.7. The SMILES string of the molecule is CC1(C)O[C@@H]2[C@@H](CO[C@@]3(CS[C@H]4O[C@H](CO)[C@@H](O)[C@H](O)[C@H]4O)OC(C)(C)O[C@@H]23)O1. The number of hydrogen-bond donors (Lipinski definition) is 4. The van der Waals surface area contributed by atoms with Gasteiger partial charge in [-0.3, -0.25) is 0 Å². The van der Waals surface area contributed by atoms with Gasteiger partial charge in [-0.25, -0.2) is 0 Å². The number of fused-ring (bicyclic) bond motifs is 3. The first-order valence-corrected chi connectivity index (χ1v) is 10.8. The van der Waals surface area contributed by atoms with Crippen LogP contribution in [-0.4, -0.2) is 105 Å². The highest BCUT2D eigenvalue weighted by molar-refractivity contribution is 7.99. The Kier molecular flexibility index (Phi) is 5.75. The summed E-state index contributed by atoms with van der Waals surface area (Å²) in [5.41, 5.74) is -0.897. The maximum absolute atomic E-state index is 10.3. The van der Waals surface area contributed by atoms with Crippen LogP contribution in [0, 0.1) is 0 Å². The fourth-order valence-electron chi connectivity index (χ4n) is 4.35. The second kappa shape index (κ2) is 7.52. The molecule has 0 radical (unpaired) electrons. The molecule has 0 aromatic rings. The normalized spacial score (nSPS) is 50.9. The van der Waals surface area contributed by atoms with Gasteiger partial charge in [-0.2, -0.15) is 0 Å². The molecule has 4 aliphatic rings. The number of aliphatic hydroxyl groups excluding tert-OH is 4. The molecule has 4 saturated heterocycles. The average Bonchev–Trinajstić information content (AvgIpc) is 3.10.